The van der Waals surface area contributed by atoms with E-state index >= 15 is 0 Å². The highest BCUT2D eigenvalue weighted by Crippen LogP contribution is 2.31. The summed E-state index contributed by atoms with van der Waals surface area (Å²) in [6, 6.07) is 12.5. The first-order valence-corrected chi connectivity index (χ1v) is 12.2. The molecular weight excluding hydrogens is 521 g/mol. The number of carbonyl (C=O) groups excluding carboxylic acids is 1. The van der Waals surface area contributed by atoms with E-state index in [9.17, 15) is 4.79 Å². The molecule has 11 heteroatoms. The second-order valence-corrected chi connectivity index (χ2v) is 9.43. The van der Waals surface area contributed by atoms with Gasteiger partial charge in [-0.2, -0.15) is 9.97 Å². The van der Waals surface area contributed by atoms with Gasteiger partial charge in [0.05, 0.1) is 16.9 Å². The number of hydrogen-bond acceptors (Lipinski definition) is 7. The second kappa shape index (κ2) is 10.3. The zero-order valence-corrected chi connectivity index (χ0v) is 21.2. The van der Waals surface area contributed by atoms with Crippen molar-refractivity contribution in [2.75, 3.05) is 36.8 Å². The molecule has 0 unspecified atom stereocenters. The third kappa shape index (κ3) is 5.21. The molecule has 3 heterocycles. The molecule has 36 heavy (non-hydrogen) atoms. The fraction of sp³-hybridized carbons (Fsp3) is 0.160. The smallest absolute Gasteiger partial charge is 0.246 e. The second-order valence-electron chi connectivity index (χ2n) is 8.15. The molecule has 0 aliphatic carbocycles. The summed E-state index contributed by atoms with van der Waals surface area (Å²) < 4.78 is 0. The Morgan fingerprint density at radius 2 is 1.64 bits per heavy atom. The fourth-order valence-corrected chi connectivity index (χ4v) is 4.57. The summed E-state index contributed by atoms with van der Waals surface area (Å²) in [5.74, 6) is 0.624. The van der Waals surface area contributed by atoms with E-state index in [4.69, 9.17) is 40.5 Å². The van der Waals surface area contributed by atoms with Crippen molar-refractivity contribution in [2.24, 2.45) is 0 Å². The molecular formula is C25H20Cl3N7O. The van der Waals surface area contributed by atoms with Crippen molar-refractivity contribution in [3.05, 3.63) is 75.4 Å². The third-order valence-electron chi connectivity index (χ3n) is 5.79. The van der Waals surface area contributed by atoms with Crippen LogP contribution in [0.15, 0.2) is 54.7 Å². The van der Waals surface area contributed by atoms with Crippen LogP contribution in [0.1, 0.15) is 5.56 Å². The number of aromatic nitrogens is 4. The van der Waals surface area contributed by atoms with E-state index < -0.39 is 0 Å². The van der Waals surface area contributed by atoms with E-state index in [0.29, 0.717) is 69.5 Å². The number of halogens is 3. The van der Waals surface area contributed by atoms with Crippen molar-refractivity contribution in [2.45, 2.75) is 0 Å². The normalized spacial score (nSPS) is 14.1. The first kappa shape index (κ1) is 24.2. The van der Waals surface area contributed by atoms with Crippen LogP contribution >= 0.6 is 34.8 Å². The summed E-state index contributed by atoms with van der Waals surface area (Å²) in [5.41, 5.74) is 9.05. The first-order chi connectivity index (χ1) is 17.4. The zero-order valence-electron chi connectivity index (χ0n) is 18.9. The number of anilines is 2. The molecule has 0 saturated carbocycles. The maximum atomic E-state index is 12.7. The lowest BCUT2D eigenvalue weighted by atomic mass is 10.1. The molecule has 8 nitrogen and oxygen atoms in total. The Labute approximate surface area is 222 Å². The van der Waals surface area contributed by atoms with Crippen molar-refractivity contribution in [3.63, 3.8) is 0 Å². The average molecular weight is 541 g/mol. The first-order valence-electron chi connectivity index (χ1n) is 11.1. The minimum absolute atomic E-state index is 0.0547. The molecule has 0 spiro atoms. The van der Waals surface area contributed by atoms with Gasteiger partial charge in [0.15, 0.2) is 17.0 Å². The number of nitrogens with two attached hydrogens (primary N) is 1. The van der Waals surface area contributed by atoms with Gasteiger partial charge in [-0.05, 0) is 42.0 Å². The Morgan fingerprint density at radius 3 is 2.36 bits per heavy atom. The van der Waals surface area contributed by atoms with Gasteiger partial charge in [-0.3, -0.25) is 4.79 Å². The average Bonchev–Trinajstić information content (AvgIpc) is 2.87. The monoisotopic (exact) mass is 539 g/mol. The van der Waals surface area contributed by atoms with E-state index in [1.807, 2.05) is 17.0 Å². The molecule has 5 rings (SSSR count). The number of piperazine rings is 1. The highest BCUT2D eigenvalue weighted by Gasteiger charge is 2.24. The van der Waals surface area contributed by atoms with E-state index in [1.165, 1.54) is 0 Å². The van der Waals surface area contributed by atoms with Gasteiger partial charge in [-0.1, -0.05) is 46.9 Å². The number of amides is 1. The lowest BCUT2D eigenvalue weighted by Gasteiger charge is -2.35. The minimum Gasteiger partial charge on any atom is -0.368 e. The summed E-state index contributed by atoms with van der Waals surface area (Å²) >= 11 is 18.3. The van der Waals surface area contributed by atoms with Gasteiger partial charge >= 0.3 is 0 Å². The highest BCUT2D eigenvalue weighted by molar-refractivity contribution is 6.36. The van der Waals surface area contributed by atoms with Crippen molar-refractivity contribution in [1.82, 2.24) is 24.8 Å². The van der Waals surface area contributed by atoms with Crippen molar-refractivity contribution < 1.29 is 4.79 Å². The Hall–Kier alpha value is -3.46. The van der Waals surface area contributed by atoms with Crippen LogP contribution in [0.2, 0.25) is 15.1 Å². The molecule has 0 bridgehead atoms. The van der Waals surface area contributed by atoms with Crippen LogP contribution in [0.3, 0.4) is 0 Å². The van der Waals surface area contributed by atoms with E-state index in [1.54, 1.807) is 53.6 Å². The molecule has 0 atom stereocenters. The van der Waals surface area contributed by atoms with Crippen LogP contribution in [-0.2, 0) is 4.79 Å². The Balaban J connectivity index is 1.33. The van der Waals surface area contributed by atoms with Crippen molar-refractivity contribution in [1.29, 1.82) is 0 Å². The van der Waals surface area contributed by atoms with Crippen molar-refractivity contribution in [3.8, 4) is 11.3 Å². The van der Waals surface area contributed by atoms with E-state index in [-0.39, 0.29) is 11.9 Å². The quantitative estimate of drug-likeness (QED) is 0.364. The summed E-state index contributed by atoms with van der Waals surface area (Å²) in [5, 5.41) is 1.65. The standard InChI is InChI=1S/C25H20Cl3N7O/c26-16-4-1-15(2-5-16)3-8-21(36)34-9-11-35(12-10-34)24-22-23(32-25(29)33-24)31-20(14-30-22)18-7-6-17(27)13-19(18)28/h1-8,13-14H,9-12H2,(H2,29,31,32,33)/b8-3+. The summed E-state index contributed by atoms with van der Waals surface area (Å²) in [6.07, 6.45) is 4.98. The number of fused-ring (bicyclic) bond motifs is 1. The van der Waals surface area contributed by atoms with Crippen LogP contribution in [0, 0.1) is 0 Å². The largest absolute Gasteiger partial charge is 0.368 e. The Morgan fingerprint density at radius 1 is 0.917 bits per heavy atom. The lowest BCUT2D eigenvalue weighted by molar-refractivity contribution is -0.126. The maximum absolute atomic E-state index is 12.7. The number of nitrogens with zero attached hydrogens (tertiary/aromatic N) is 6. The Kier molecular flexibility index (Phi) is 6.91. The van der Waals surface area contributed by atoms with Gasteiger partial charge < -0.3 is 15.5 Å². The molecule has 1 saturated heterocycles. The number of carbonyl (C=O) groups is 1. The number of nitrogen functional groups attached to an aromatic ring is 1. The van der Waals surface area contributed by atoms with Gasteiger partial charge in [-0.15, -0.1) is 0 Å². The highest BCUT2D eigenvalue weighted by atomic mass is 35.5. The predicted molar refractivity (Wildman–Crippen MR) is 144 cm³/mol. The molecule has 4 aromatic rings. The van der Waals surface area contributed by atoms with Gasteiger partial charge in [0, 0.05) is 47.9 Å². The molecule has 182 valence electrons. The molecule has 2 aromatic heterocycles. The fourth-order valence-electron chi connectivity index (χ4n) is 3.94. The predicted octanol–water partition coefficient (Wildman–Crippen LogP) is 4.99. The summed E-state index contributed by atoms with van der Waals surface area (Å²) in [7, 11) is 0. The zero-order chi connectivity index (χ0) is 25.2. The molecule has 0 radical (unpaired) electrons. The topological polar surface area (TPSA) is 101 Å². The van der Waals surface area contributed by atoms with Crippen LogP contribution in [0.25, 0.3) is 28.5 Å². The number of benzene rings is 2. The van der Waals surface area contributed by atoms with Gasteiger partial charge in [0.1, 0.15) is 0 Å². The van der Waals surface area contributed by atoms with Crippen LogP contribution < -0.4 is 10.6 Å². The van der Waals surface area contributed by atoms with Crippen molar-refractivity contribution >= 4 is 69.7 Å². The van der Waals surface area contributed by atoms with E-state index in [2.05, 4.69) is 19.9 Å². The lowest BCUT2D eigenvalue weighted by Crippen LogP contribution is -2.48. The summed E-state index contributed by atoms with van der Waals surface area (Å²) in [6.45, 7) is 2.19. The van der Waals surface area contributed by atoms with E-state index in [0.717, 1.165) is 5.56 Å². The molecule has 1 aliphatic rings. The molecule has 1 aliphatic heterocycles. The van der Waals surface area contributed by atoms with Crippen LogP contribution in [0.4, 0.5) is 11.8 Å². The maximum Gasteiger partial charge on any atom is 0.246 e. The minimum atomic E-state index is -0.0547. The third-order valence-corrected chi connectivity index (χ3v) is 6.59. The number of hydrogen-bond donors (Lipinski definition) is 1. The molecule has 2 N–H and O–H groups in total. The molecule has 2 aromatic carbocycles. The molecule has 1 fully saturated rings. The summed E-state index contributed by atoms with van der Waals surface area (Å²) in [4.78, 5) is 34.4. The number of rotatable bonds is 4. The van der Waals surface area contributed by atoms with Crippen LogP contribution in [-0.4, -0.2) is 56.9 Å². The van der Waals surface area contributed by atoms with Gasteiger partial charge in [0.25, 0.3) is 0 Å². The SMILES string of the molecule is Nc1nc(N2CCN(C(=O)/C=C/c3ccc(Cl)cc3)CC2)c2ncc(-c3ccc(Cl)cc3Cl)nc2n1. The molecule has 1 amide bonds. The van der Waals surface area contributed by atoms with Crippen LogP contribution in [0.5, 0.6) is 0 Å². The Bertz CT molecular complexity index is 1470. The van der Waals surface area contributed by atoms with Gasteiger partial charge in [0.2, 0.25) is 11.9 Å². The van der Waals surface area contributed by atoms with Gasteiger partial charge in [-0.25, -0.2) is 9.97 Å².